The Morgan fingerprint density at radius 2 is 1.82 bits per heavy atom. The zero-order valence-electron chi connectivity index (χ0n) is 21.7. The molecule has 8 heteroatoms. The molecule has 0 radical (unpaired) electrons. The Morgan fingerprint density at radius 3 is 2.54 bits per heavy atom. The highest BCUT2D eigenvalue weighted by atomic mass is 32.2. The van der Waals surface area contributed by atoms with Crippen molar-refractivity contribution in [2.45, 2.75) is 32.9 Å². The number of aryl methyl sites for hydroxylation is 1. The van der Waals surface area contributed by atoms with E-state index in [1.807, 2.05) is 71.8 Å². The minimum atomic E-state index is -0.530. The molecule has 1 amide bonds. The van der Waals surface area contributed by atoms with E-state index in [-0.39, 0.29) is 31.3 Å². The van der Waals surface area contributed by atoms with Crippen LogP contribution in [-0.4, -0.2) is 28.6 Å². The number of aliphatic imine (C=N–C) groups is 1. The van der Waals surface area contributed by atoms with Crippen molar-refractivity contribution in [1.29, 1.82) is 0 Å². The average Bonchev–Trinajstić information content (AvgIpc) is 3.34. The SMILES string of the molecule is CCOC(=O)C1=C(c2ccccc2)N=C2SC=C(CC(=O)NCc3ccc(F)cc3)N2[C@@H]1c1cccc(C)c1. The molecule has 39 heavy (non-hydrogen) atoms. The van der Waals surface area contributed by atoms with E-state index in [1.165, 1.54) is 23.9 Å². The van der Waals surface area contributed by atoms with Gasteiger partial charge in [-0.3, -0.25) is 4.79 Å². The van der Waals surface area contributed by atoms with Gasteiger partial charge in [0.1, 0.15) is 5.82 Å². The highest BCUT2D eigenvalue weighted by Gasteiger charge is 2.42. The lowest BCUT2D eigenvalue weighted by molar-refractivity contribution is -0.139. The zero-order valence-corrected chi connectivity index (χ0v) is 22.5. The second-order valence-corrected chi connectivity index (χ2v) is 10.1. The fourth-order valence-corrected chi connectivity index (χ4v) is 5.59. The Kier molecular flexibility index (Phi) is 7.93. The third kappa shape index (κ3) is 5.81. The average molecular weight is 542 g/mol. The summed E-state index contributed by atoms with van der Waals surface area (Å²) in [4.78, 5) is 33.4. The first-order chi connectivity index (χ1) is 18.9. The number of hydrogen-bond acceptors (Lipinski definition) is 6. The second kappa shape index (κ2) is 11.7. The van der Waals surface area contributed by atoms with Crippen molar-refractivity contribution in [2.24, 2.45) is 4.99 Å². The van der Waals surface area contributed by atoms with Gasteiger partial charge >= 0.3 is 5.97 Å². The highest BCUT2D eigenvalue weighted by molar-refractivity contribution is 8.16. The number of thioether (sulfide) groups is 1. The van der Waals surface area contributed by atoms with Gasteiger partial charge in [0.15, 0.2) is 5.17 Å². The minimum Gasteiger partial charge on any atom is -0.463 e. The van der Waals surface area contributed by atoms with E-state index in [2.05, 4.69) is 5.32 Å². The topological polar surface area (TPSA) is 71.0 Å². The lowest BCUT2D eigenvalue weighted by atomic mass is 9.90. The molecule has 0 aromatic heterocycles. The number of amides is 1. The predicted octanol–water partition coefficient (Wildman–Crippen LogP) is 6.12. The van der Waals surface area contributed by atoms with Crippen LogP contribution >= 0.6 is 11.8 Å². The molecule has 2 heterocycles. The maximum Gasteiger partial charge on any atom is 0.338 e. The number of rotatable bonds is 8. The van der Waals surface area contributed by atoms with E-state index in [0.717, 1.165) is 28.0 Å². The summed E-state index contributed by atoms with van der Waals surface area (Å²) < 4.78 is 18.8. The second-order valence-electron chi connectivity index (χ2n) is 9.24. The molecular weight excluding hydrogens is 513 g/mol. The van der Waals surface area contributed by atoms with Gasteiger partial charge in [-0.05, 0) is 42.5 Å². The van der Waals surface area contributed by atoms with E-state index < -0.39 is 12.0 Å². The molecule has 0 aliphatic carbocycles. The van der Waals surface area contributed by atoms with Gasteiger partial charge in [-0.1, -0.05) is 84.1 Å². The van der Waals surface area contributed by atoms with Crippen molar-refractivity contribution < 1.29 is 18.7 Å². The van der Waals surface area contributed by atoms with E-state index in [0.29, 0.717) is 16.4 Å². The number of carbonyl (C=O) groups is 2. The van der Waals surface area contributed by atoms with Crippen molar-refractivity contribution in [3.8, 4) is 0 Å². The fraction of sp³-hybridized carbons (Fsp3) is 0.194. The van der Waals surface area contributed by atoms with E-state index >= 15 is 0 Å². The van der Waals surface area contributed by atoms with E-state index in [9.17, 15) is 14.0 Å². The fourth-order valence-electron chi connectivity index (χ4n) is 4.67. The van der Waals surface area contributed by atoms with Crippen LogP contribution in [0.4, 0.5) is 4.39 Å². The maximum atomic E-state index is 13.5. The number of hydrogen-bond donors (Lipinski definition) is 1. The summed E-state index contributed by atoms with van der Waals surface area (Å²) in [5, 5.41) is 5.51. The summed E-state index contributed by atoms with van der Waals surface area (Å²) in [5.74, 6) is -0.953. The van der Waals surface area contributed by atoms with E-state index in [1.54, 1.807) is 19.1 Å². The third-order valence-corrected chi connectivity index (χ3v) is 7.34. The molecule has 6 nitrogen and oxygen atoms in total. The number of fused-ring (bicyclic) bond motifs is 1. The van der Waals surface area contributed by atoms with Crippen LogP contribution in [0.3, 0.4) is 0 Å². The van der Waals surface area contributed by atoms with Crippen LogP contribution in [0.15, 0.2) is 101 Å². The number of amidine groups is 1. The molecule has 0 unspecified atom stereocenters. The summed E-state index contributed by atoms with van der Waals surface area (Å²) >= 11 is 1.43. The van der Waals surface area contributed by atoms with E-state index in [4.69, 9.17) is 9.73 Å². The van der Waals surface area contributed by atoms with Gasteiger partial charge in [-0.15, -0.1) is 0 Å². The number of esters is 1. The minimum absolute atomic E-state index is 0.0896. The van der Waals surface area contributed by atoms with Gasteiger partial charge in [0, 0.05) is 17.8 Å². The first-order valence-electron chi connectivity index (χ1n) is 12.7. The van der Waals surface area contributed by atoms with Crippen molar-refractivity contribution >= 4 is 34.5 Å². The maximum absolute atomic E-state index is 13.5. The van der Waals surface area contributed by atoms with Gasteiger partial charge in [0.2, 0.25) is 5.91 Å². The van der Waals surface area contributed by atoms with Gasteiger partial charge in [-0.25, -0.2) is 14.2 Å². The third-order valence-electron chi connectivity index (χ3n) is 6.46. The molecule has 2 aliphatic heterocycles. The predicted molar refractivity (Wildman–Crippen MR) is 152 cm³/mol. The van der Waals surface area contributed by atoms with Gasteiger partial charge in [0.05, 0.1) is 30.3 Å². The molecule has 1 N–H and O–H groups in total. The standard InChI is InChI=1S/C31H28FN3O3S/c1-3-38-30(37)27-28(22-9-5-4-6-10-22)34-31-35(29(27)23-11-7-8-20(2)16-23)25(19-39-31)17-26(36)33-18-21-12-14-24(32)15-13-21/h4-16,19,29H,3,17-18H2,1-2H3,(H,33,36)/t29-/m1/s1. The molecule has 3 aromatic rings. The molecule has 2 aliphatic rings. The van der Waals surface area contributed by atoms with Gasteiger partial charge in [-0.2, -0.15) is 0 Å². The Labute approximate surface area is 231 Å². The Balaban J connectivity index is 1.51. The lowest BCUT2D eigenvalue weighted by Crippen LogP contribution is -2.38. The summed E-state index contributed by atoms with van der Waals surface area (Å²) in [6.45, 7) is 4.30. The number of carbonyl (C=O) groups excluding carboxylic acids is 2. The molecule has 198 valence electrons. The van der Waals surface area contributed by atoms with Crippen LogP contribution < -0.4 is 5.32 Å². The normalized spacial score (nSPS) is 16.4. The Morgan fingerprint density at radius 1 is 1.05 bits per heavy atom. The number of ether oxygens (including phenoxy) is 1. The molecule has 5 rings (SSSR count). The van der Waals surface area contributed by atoms with Crippen LogP contribution in [0.1, 0.15) is 41.6 Å². The Hall–Kier alpha value is -4.17. The number of nitrogens with zero attached hydrogens (tertiary/aromatic N) is 2. The number of halogens is 1. The molecule has 0 spiro atoms. The molecule has 0 bridgehead atoms. The molecule has 0 saturated heterocycles. The van der Waals surface area contributed by atoms with Crippen molar-refractivity contribution in [2.75, 3.05) is 6.61 Å². The highest BCUT2D eigenvalue weighted by Crippen LogP contribution is 2.47. The first kappa shape index (κ1) is 26.4. The number of nitrogens with one attached hydrogen (secondary N) is 1. The van der Waals surface area contributed by atoms with Crippen LogP contribution in [0, 0.1) is 12.7 Å². The van der Waals surface area contributed by atoms with Crippen molar-refractivity contribution in [3.05, 3.63) is 124 Å². The quantitative estimate of drug-likeness (QED) is 0.348. The lowest BCUT2D eigenvalue weighted by Gasteiger charge is -2.37. The van der Waals surface area contributed by atoms with Crippen molar-refractivity contribution in [1.82, 2.24) is 10.2 Å². The van der Waals surface area contributed by atoms with Crippen LogP contribution in [-0.2, 0) is 20.9 Å². The van der Waals surface area contributed by atoms with Gasteiger partial charge < -0.3 is 15.0 Å². The zero-order chi connectivity index (χ0) is 27.4. The first-order valence-corrected chi connectivity index (χ1v) is 13.6. The van der Waals surface area contributed by atoms with Crippen LogP contribution in [0.25, 0.3) is 5.70 Å². The van der Waals surface area contributed by atoms with Gasteiger partial charge in [0.25, 0.3) is 0 Å². The summed E-state index contributed by atoms with van der Waals surface area (Å²) in [6.07, 6.45) is 0.0896. The summed E-state index contributed by atoms with van der Waals surface area (Å²) in [7, 11) is 0. The summed E-state index contributed by atoms with van der Waals surface area (Å²) in [5.41, 5.74) is 5.30. The molecule has 0 saturated carbocycles. The summed E-state index contributed by atoms with van der Waals surface area (Å²) in [6, 6.07) is 23.1. The van der Waals surface area contributed by atoms with Crippen molar-refractivity contribution in [3.63, 3.8) is 0 Å². The molecular formula is C31H28FN3O3S. The number of benzene rings is 3. The largest absolute Gasteiger partial charge is 0.463 e. The molecule has 3 aromatic carbocycles. The monoisotopic (exact) mass is 541 g/mol. The molecule has 0 fully saturated rings. The molecule has 1 atom stereocenters. The smallest absolute Gasteiger partial charge is 0.338 e. The van der Waals surface area contributed by atoms with Crippen LogP contribution in [0.2, 0.25) is 0 Å². The van der Waals surface area contributed by atoms with Crippen LogP contribution in [0.5, 0.6) is 0 Å². The Bertz CT molecular complexity index is 1480.